The first-order chi connectivity index (χ1) is 5.68. The number of piperidine rings is 1. The summed E-state index contributed by atoms with van der Waals surface area (Å²) in [5.41, 5.74) is 0. The van der Waals surface area contributed by atoms with Gasteiger partial charge in [-0.1, -0.05) is 13.8 Å². The molecule has 1 saturated carbocycles. The number of hydrogen-bond acceptors (Lipinski definition) is 1. The molecule has 2 unspecified atom stereocenters. The van der Waals surface area contributed by atoms with Crippen LogP contribution in [0.25, 0.3) is 0 Å². The molecule has 1 aliphatic carbocycles. The molecule has 12 heavy (non-hydrogen) atoms. The van der Waals surface area contributed by atoms with E-state index in [1.54, 1.807) is 0 Å². The lowest BCUT2D eigenvalue weighted by Crippen LogP contribution is -2.39. The van der Waals surface area contributed by atoms with Crippen LogP contribution in [-0.4, -0.2) is 23.4 Å². The van der Waals surface area contributed by atoms with Crippen molar-refractivity contribution in [1.29, 1.82) is 0 Å². The third-order valence-electron chi connectivity index (χ3n) is 3.04. The SMILES string of the molecule is CC(C)CN1C(=O)C2CCC1C2. The fraction of sp³-hybridized carbons (Fsp3) is 0.900. The summed E-state index contributed by atoms with van der Waals surface area (Å²) < 4.78 is 0. The number of rotatable bonds is 2. The van der Waals surface area contributed by atoms with E-state index in [1.165, 1.54) is 6.42 Å². The van der Waals surface area contributed by atoms with Crippen LogP contribution in [-0.2, 0) is 4.79 Å². The zero-order valence-corrected chi connectivity index (χ0v) is 7.92. The molecule has 2 rings (SSSR count). The van der Waals surface area contributed by atoms with Gasteiger partial charge in [0.05, 0.1) is 0 Å². The van der Waals surface area contributed by atoms with E-state index < -0.39 is 0 Å². The van der Waals surface area contributed by atoms with Crippen molar-refractivity contribution in [3.05, 3.63) is 0 Å². The maximum Gasteiger partial charge on any atom is 0.226 e. The van der Waals surface area contributed by atoms with Crippen molar-refractivity contribution in [2.75, 3.05) is 6.54 Å². The molecule has 68 valence electrons. The molecule has 2 bridgehead atoms. The average molecular weight is 167 g/mol. The van der Waals surface area contributed by atoms with Gasteiger partial charge in [0, 0.05) is 18.5 Å². The van der Waals surface area contributed by atoms with Gasteiger partial charge in [0.2, 0.25) is 5.91 Å². The Hall–Kier alpha value is -0.530. The Morgan fingerprint density at radius 1 is 1.50 bits per heavy atom. The molecular formula is C10H17NO. The van der Waals surface area contributed by atoms with E-state index in [-0.39, 0.29) is 0 Å². The van der Waals surface area contributed by atoms with Crippen LogP contribution in [0, 0.1) is 11.8 Å². The highest BCUT2D eigenvalue weighted by atomic mass is 16.2. The molecule has 0 aromatic rings. The van der Waals surface area contributed by atoms with Crippen LogP contribution in [0.5, 0.6) is 0 Å². The molecule has 2 heteroatoms. The minimum atomic E-state index is 0.397. The van der Waals surface area contributed by atoms with Crippen LogP contribution in [0.4, 0.5) is 0 Å². The Balaban J connectivity index is 2.02. The first-order valence-corrected chi connectivity index (χ1v) is 4.99. The highest BCUT2D eigenvalue weighted by Crippen LogP contribution is 2.38. The molecule has 1 amide bonds. The highest BCUT2D eigenvalue weighted by molar-refractivity contribution is 5.82. The fourth-order valence-electron chi connectivity index (χ4n) is 2.51. The molecule has 1 aliphatic heterocycles. The van der Waals surface area contributed by atoms with Gasteiger partial charge in [-0.2, -0.15) is 0 Å². The number of likely N-dealkylation sites (tertiary alicyclic amines) is 1. The fourth-order valence-corrected chi connectivity index (χ4v) is 2.51. The second kappa shape index (κ2) is 2.75. The Bertz CT molecular complexity index is 200. The lowest BCUT2D eigenvalue weighted by atomic mass is 10.1. The van der Waals surface area contributed by atoms with Crippen molar-refractivity contribution in [3.8, 4) is 0 Å². The number of carbonyl (C=O) groups excluding carboxylic acids is 1. The summed E-state index contributed by atoms with van der Waals surface area (Å²) in [4.78, 5) is 13.7. The van der Waals surface area contributed by atoms with Crippen LogP contribution in [0.1, 0.15) is 33.1 Å². The van der Waals surface area contributed by atoms with Gasteiger partial charge in [-0.15, -0.1) is 0 Å². The van der Waals surface area contributed by atoms with E-state index in [2.05, 4.69) is 18.7 Å². The van der Waals surface area contributed by atoms with E-state index in [9.17, 15) is 4.79 Å². The van der Waals surface area contributed by atoms with Crippen LogP contribution in [0.3, 0.4) is 0 Å². The molecule has 2 fully saturated rings. The number of amides is 1. The Labute approximate surface area is 73.9 Å². The third kappa shape index (κ3) is 1.13. The minimum Gasteiger partial charge on any atom is -0.339 e. The van der Waals surface area contributed by atoms with E-state index in [0.717, 1.165) is 19.4 Å². The van der Waals surface area contributed by atoms with Crippen LogP contribution in [0.2, 0.25) is 0 Å². The largest absolute Gasteiger partial charge is 0.339 e. The van der Waals surface area contributed by atoms with E-state index in [1.807, 2.05) is 0 Å². The van der Waals surface area contributed by atoms with Gasteiger partial charge >= 0.3 is 0 Å². The Morgan fingerprint density at radius 2 is 2.25 bits per heavy atom. The monoisotopic (exact) mass is 167 g/mol. The molecule has 1 heterocycles. The number of carbonyl (C=O) groups is 1. The lowest BCUT2D eigenvalue weighted by molar-refractivity contribution is -0.134. The minimum absolute atomic E-state index is 0.397. The summed E-state index contributed by atoms with van der Waals surface area (Å²) in [7, 11) is 0. The highest BCUT2D eigenvalue weighted by Gasteiger charge is 2.44. The summed E-state index contributed by atoms with van der Waals surface area (Å²) >= 11 is 0. The first-order valence-electron chi connectivity index (χ1n) is 4.99. The van der Waals surface area contributed by atoms with Gasteiger partial charge in [-0.25, -0.2) is 0 Å². The third-order valence-corrected chi connectivity index (χ3v) is 3.04. The number of nitrogens with zero attached hydrogens (tertiary/aromatic N) is 1. The smallest absolute Gasteiger partial charge is 0.226 e. The van der Waals surface area contributed by atoms with E-state index in [4.69, 9.17) is 0 Å². The molecule has 0 N–H and O–H groups in total. The van der Waals surface area contributed by atoms with Gasteiger partial charge in [-0.05, 0) is 25.2 Å². The van der Waals surface area contributed by atoms with Gasteiger partial charge < -0.3 is 4.90 Å². The maximum atomic E-state index is 11.6. The zero-order valence-electron chi connectivity index (χ0n) is 7.92. The molecule has 0 radical (unpaired) electrons. The maximum absolute atomic E-state index is 11.6. The van der Waals surface area contributed by atoms with Gasteiger partial charge in [-0.3, -0.25) is 4.79 Å². The molecular weight excluding hydrogens is 150 g/mol. The summed E-state index contributed by atoms with van der Waals surface area (Å²) in [6.07, 6.45) is 3.55. The lowest BCUT2D eigenvalue weighted by Gasteiger charge is -2.28. The molecule has 0 spiro atoms. The van der Waals surface area contributed by atoms with Crippen molar-refractivity contribution in [2.45, 2.75) is 39.2 Å². The van der Waals surface area contributed by atoms with Crippen molar-refractivity contribution >= 4 is 5.91 Å². The molecule has 0 aromatic heterocycles. The van der Waals surface area contributed by atoms with Gasteiger partial charge in [0.1, 0.15) is 0 Å². The summed E-state index contributed by atoms with van der Waals surface area (Å²) in [6.45, 7) is 5.33. The topological polar surface area (TPSA) is 20.3 Å². The quantitative estimate of drug-likeness (QED) is 0.612. The predicted molar refractivity (Wildman–Crippen MR) is 47.7 cm³/mol. The molecule has 2 nitrogen and oxygen atoms in total. The van der Waals surface area contributed by atoms with Gasteiger partial charge in [0.25, 0.3) is 0 Å². The second-order valence-corrected chi connectivity index (χ2v) is 4.55. The average Bonchev–Trinajstić information content (AvgIpc) is 2.53. The standard InChI is InChI=1S/C10H17NO/c1-7(2)6-11-9-4-3-8(5-9)10(11)12/h7-9H,3-6H2,1-2H3. The molecule has 2 atom stereocenters. The number of hydrogen-bond donors (Lipinski definition) is 0. The summed E-state index contributed by atoms with van der Waals surface area (Å²) in [6, 6.07) is 0.602. The Kier molecular flexibility index (Phi) is 1.85. The van der Waals surface area contributed by atoms with E-state index >= 15 is 0 Å². The van der Waals surface area contributed by atoms with Crippen molar-refractivity contribution in [3.63, 3.8) is 0 Å². The van der Waals surface area contributed by atoms with Crippen molar-refractivity contribution in [1.82, 2.24) is 4.90 Å². The van der Waals surface area contributed by atoms with Crippen molar-refractivity contribution < 1.29 is 4.79 Å². The second-order valence-electron chi connectivity index (χ2n) is 4.55. The zero-order chi connectivity index (χ0) is 8.72. The van der Waals surface area contributed by atoms with E-state index in [0.29, 0.717) is 23.8 Å². The summed E-state index contributed by atoms with van der Waals surface area (Å²) in [5.74, 6) is 1.45. The van der Waals surface area contributed by atoms with Gasteiger partial charge in [0.15, 0.2) is 0 Å². The van der Waals surface area contributed by atoms with Crippen LogP contribution < -0.4 is 0 Å². The Morgan fingerprint density at radius 3 is 2.75 bits per heavy atom. The molecule has 1 saturated heterocycles. The summed E-state index contributed by atoms with van der Waals surface area (Å²) in [5, 5.41) is 0. The molecule has 2 aliphatic rings. The molecule has 0 aromatic carbocycles. The van der Waals surface area contributed by atoms with Crippen LogP contribution >= 0.6 is 0 Å². The van der Waals surface area contributed by atoms with Crippen LogP contribution in [0.15, 0.2) is 0 Å². The first kappa shape index (κ1) is 8.09. The number of fused-ring (bicyclic) bond motifs is 2. The van der Waals surface area contributed by atoms with Crippen molar-refractivity contribution in [2.24, 2.45) is 11.8 Å². The predicted octanol–water partition coefficient (Wildman–Crippen LogP) is 1.65. The normalized spacial score (nSPS) is 33.9.